The highest BCUT2D eigenvalue weighted by atomic mass is 35.5. The van der Waals surface area contributed by atoms with E-state index in [9.17, 15) is 19.7 Å². The smallest absolute Gasteiger partial charge is 0.288 e. The van der Waals surface area contributed by atoms with Gasteiger partial charge in [0.15, 0.2) is 12.6 Å². The molecule has 1 aromatic carbocycles. The average Bonchev–Trinajstić information content (AvgIpc) is 2.16. The van der Waals surface area contributed by atoms with Crippen LogP contribution in [0.15, 0.2) is 12.1 Å². The van der Waals surface area contributed by atoms with Crippen molar-refractivity contribution in [2.45, 2.75) is 0 Å². The van der Waals surface area contributed by atoms with Crippen LogP contribution in [-0.4, -0.2) is 17.5 Å². The lowest BCUT2D eigenvalue weighted by Gasteiger charge is -1.98. The van der Waals surface area contributed by atoms with Crippen LogP contribution in [0.2, 0.25) is 5.02 Å². The van der Waals surface area contributed by atoms with Crippen LogP contribution in [0.1, 0.15) is 20.7 Å². The predicted molar refractivity (Wildman–Crippen MR) is 48.9 cm³/mol. The van der Waals surface area contributed by atoms with Crippen LogP contribution >= 0.6 is 11.6 Å². The van der Waals surface area contributed by atoms with Crippen molar-refractivity contribution in [3.05, 3.63) is 38.4 Å². The van der Waals surface area contributed by atoms with Gasteiger partial charge in [0.25, 0.3) is 5.69 Å². The third-order valence-electron chi connectivity index (χ3n) is 1.60. The van der Waals surface area contributed by atoms with Gasteiger partial charge in [0.1, 0.15) is 5.02 Å². The summed E-state index contributed by atoms with van der Waals surface area (Å²) in [6, 6.07) is 2.06. The van der Waals surface area contributed by atoms with Crippen LogP contribution < -0.4 is 0 Å². The van der Waals surface area contributed by atoms with Crippen molar-refractivity contribution < 1.29 is 14.5 Å². The second kappa shape index (κ2) is 3.97. The summed E-state index contributed by atoms with van der Waals surface area (Å²) in [5.74, 6) is 0. The molecule has 0 aliphatic heterocycles. The average molecular weight is 214 g/mol. The molecular formula is C8H4ClNO4. The first-order valence-electron chi connectivity index (χ1n) is 3.48. The maximum absolute atomic E-state index is 10.4. The van der Waals surface area contributed by atoms with Crippen LogP contribution in [0.25, 0.3) is 0 Å². The Bertz CT molecular complexity index is 416. The molecule has 72 valence electrons. The van der Waals surface area contributed by atoms with Crippen molar-refractivity contribution in [1.82, 2.24) is 0 Å². The topological polar surface area (TPSA) is 77.3 Å². The Kier molecular flexibility index (Phi) is 2.93. The Labute approximate surface area is 83.4 Å². The molecule has 0 bridgehead atoms. The third-order valence-corrected chi connectivity index (χ3v) is 1.91. The first-order valence-corrected chi connectivity index (χ1v) is 3.86. The molecule has 1 rings (SSSR count). The molecule has 0 saturated heterocycles. The molecule has 0 atom stereocenters. The zero-order valence-corrected chi connectivity index (χ0v) is 7.52. The lowest BCUT2D eigenvalue weighted by atomic mass is 10.1. The quantitative estimate of drug-likeness (QED) is 0.436. The van der Waals surface area contributed by atoms with Crippen LogP contribution in [0.5, 0.6) is 0 Å². The fourth-order valence-corrected chi connectivity index (χ4v) is 1.18. The molecule has 6 heteroatoms. The van der Waals surface area contributed by atoms with E-state index in [2.05, 4.69) is 0 Å². The lowest BCUT2D eigenvalue weighted by Crippen LogP contribution is -1.96. The number of carbonyl (C=O) groups excluding carboxylic acids is 2. The Morgan fingerprint density at radius 2 is 1.71 bits per heavy atom. The monoisotopic (exact) mass is 213 g/mol. The molecule has 0 saturated carbocycles. The number of halogens is 1. The maximum atomic E-state index is 10.4. The van der Waals surface area contributed by atoms with Gasteiger partial charge in [-0.05, 0) is 6.07 Å². The van der Waals surface area contributed by atoms with E-state index >= 15 is 0 Å². The molecule has 0 spiro atoms. The third kappa shape index (κ3) is 1.77. The maximum Gasteiger partial charge on any atom is 0.288 e. The summed E-state index contributed by atoms with van der Waals surface area (Å²) in [4.78, 5) is 30.6. The van der Waals surface area contributed by atoms with E-state index in [0.29, 0.717) is 12.6 Å². The van der Waals surface area contributed by atoms with Crippen LogP contribution in [0.4, 0.5) is 5.69 Å². The summed E-state index contributed by atoms with van der Waals surface area (Å²) in [7, 11) is 0. The largest absolute Gasteiger partial charge is 0.298 e. The van der Waals surface area contributed by atoms with Crippen molar-refractivity contribution >= 4 is 29.9 Å². The van der Waals surface area contributed by atoms with Gasteiger partial charge in [0.05, 0.1) is 4.92 Å². The number of carbonyl (C=O) groups is 2. The number of nitro groups is 1. The summed E-state index contributed by atoms with van der Waals surface area (Å²) < 4.78 is 0. The van der Waals surface area contributed by atoms with Crippen molar-refractivity contribution in [2.24, 2.45) is 0 Å². The van der Waals surface area contributed by atoms with Gasteiger partial charge >= 0.3 is 0 Å². The standard InChI is InChI=1S/C8H4ClNO4/c9-7-1-5(3-11)6(4-12)2-8(7)10(13)14/h1-4H. The van der Waals surface area contributed by atoms with Gasteiger partial charge in [0.2, 0.25) is 0 Å². The van der Waals surface area contributed by atoms with Gasteiger partial charge in [-0.15, -0.1) is 0 Å². The molecular weight excluding hydrogens is 210 g/mol. The van der Waals surface area contributed by atoms with Crippen molar-refractivity contribution in [1.29, 1.82) is 0 Å². The van der Waals surface area contributed by atoms with Crippen LogP contribution in [0, 0.1) is 10.1 Å². The molecule has 1 aromatic rings. The second-order valence-electron chi connectivity index (χ2n) is 2.43. The minimum absolute atomic E-state index is 0.0376. The van der Waals surface area contributed by atoms with Crippen molar-refractivity contribution in [2.75, 3.05) is 0 Å². The Morgan fingerprint density at radius 3 is 2.14 bits per heavy atom. The predicted octanol–water partition coefficient (Wildman–Crippen LogP) is 1.87. The normalized spacial score (nSPS) is 9.50. The summed E-state index contributed by atoms with van der Waals surface area (Å²) in [6.45, 7) is 0. The number of benzene rings is 1. The highest BCUT2D eigenvalue weighted by molar-refractivity contribution is 6.33. The van der Waals surface area contributed by atoms with Gasteiger partial charge in [-0.25, -0.2) is 0 Å². The van der Waals surface area contributed by atoms with E-state index in [1.807, 2.05) is 0 Å². The number of rotatable bonds is 3. The van der Waals surface area contributed by atoms with E-state index in [-0.39, 0.29) is 21.8 Å². The van der Waals surface area contributed by atoms with Crippen molar-refractivity contribution in [3.8, 4) is 0 Å². The minimum Gasteiger partial charge on any atom is -0.298 e. The minimum atomic E-state index is -0.718. The van der Waals surface area contributed by atoms with Crippen LogP contribution in [0.3, 0.4) is 0 Å². The molecule has 0 aliphatic carbocycles. The number of hydrogen-bond acceptors (Lipinski definition) is 4. The van der Waals surface area contributed by atoms with Gasteiger partial charge in [-0.3, -0.25) is 19.7 Å². The summed E-state index contributed by atoms with van der Waals surface area (Å²) in [6.07, 6.45) is 0.784. The van der Waals surface area contributed by atoms with E-state index in [0.717, 1.165) is 12.1 Å². The zero-order chi connectivity index (χ0) is 10.7. The summed E-state index contributed by atoms with van der Waals surface area (Å²) in [5, 5.41) is 10.2. The molecule has 5 nitrogen and oxygen atoms in total. The number of nitrogens with zero attached hydrogens (tertiary/aromatic N) is 1. The molecule has 0 aliphatic rings. The lowest BCUT2D eigenvalue weighted by molar-refractivity contribution is -0.384. The van der Waals surface area contributed by atoms with Gasteiger partial charge < -0.3 is 0 Å². The first kappa shape index (κ1) is 10.3. The molecule has 0 amide bonds. The Hall–Kier alpha value is -1.75. The molecule has 0 aromatic heterocycles. The summed E-state index contributed by atoms with van der Waals surface area (Å²) in [5.41, 5.74) is -0.397. The highest BCUT2D eigenvalue weighted by Gasteiger charge is 2.15. The van der Waals surface area contributed by atoms with E-state index in [1.54, 1.807) is 0 Å². The first-order chi connectivity index (χ1) is 6.60. The molecule has 0 heterocycles. The number of nitro benzene ring substituents is 1. The highest BCUT2D eigenvalue weighted by Crippen LogP contribution is 2.26. The number of aldehydes is 2. The van der Waals surface area contributed by atoms with E-state index < -0.39 is 4.92 Å². The van der Waals surface area contributed by atoms with Crippen LogP contribution in [-0.2, 0) is 0 Å². The molecule has 0 unspecified atom stereocenters. The fraction of sp³-hybridized carbons (Fsp3) is 0. The number of hydrogen-bond donors (Lipinski definition) is 0. The fourth-order valence-electron chi connectivity index (χ4n) is 0.937. The van der Waals surface area contributed by atoms with Gasteiger partial charge in [0, 0.05) is 17.2 Å². The van der Waals surface area contributed by atoms with Crippen molar-refractivity contribution in [3.63, 3.8) is 0 Å². The van der Waals surface area contributed by atoms with Gasteiger partial charge in [-0.1, -0.05) is 11.6 Å². The Balaban J connectivity index is 3.44. The van der Waals surface area contributed by atoms with E-state index in [1.165, 1.54) is 0 Å². The molecule has 0 N–H and O–H groups in total. The molecule has 14 heavy (non-hydrogen) atoms. The van der Waals surface area contributed by atoms with Gasteiger partial charge in [-0.2, -0.15) is 0 Å². The Morgan fingerprint density at radius 1 is 1.21 bits per heavy atom. The molecule has 0 fully saturated rings. The second-order valence-corrected chi connectivity index (χ2v) is 2.83. The SMILES string of the molecule is O=Cc1cc(Cl)c([N+](=O)[O-])cc1C=O. The van der Waals surface area contributed by atoms with E-state index in [4.69, 9.17) is 11.6 Å². The zero-order valence-electron chi connectivity index (χ0n) is 6.77. The summed E-state index contributed by atoms with van der Waals surface area (Å²) >= 11 is 5.52. The molecule has 0 radical (unpaired) electrons.